The third-order valence-electron chi connectivity index (χ3n) is 2.49. The van der Waals surface area contributed by atoms with Crippen LogP contribution in [0.25, 0.3) is 0 Å². The SMILES string of the molecule is CC(C)CNCC1CCC(F)(F)C1. The van der Waals surface area contributed by atoms with Crippen LogP contribution < -0.4 is 5.32 Å². The third kappa shape index (κ3) is 4.03. The van der Waals surface area contributed by atoms with Gasteiger partial charge < -0.3 is 5.32 Å². The fraction of sp³-hybridized carbons (Fsp3) is 1.00. The number of nitrogens with one attached hydrogen (secondary N) is 1. The zero-order valence-electron chi connectivity index (χ0n) is 8.45. The van der Waals surface area contributed by atoms with Crippen LogP contribution in [0, 0.1) is 11.8 Å². The van der Waals surface area contributed by atoms with Crippen molar-refractivity contribution in [3.05, 3.63) is 0 Å². The van der Waals surface area contributed by atoms with Crippen LogP contribution in [0.5, 0.6) is 0 Å². The van der Waals surface area contributed by atoms with Crippen LogP contribution in [0.1, 0.15) is 33.1 Å². The standard InChI is InChI=1S/C10H19F2N/c1-8(2)6-13-7-9-3-4-10(11,12)5-9/h8-9,13H,3-7H2,1-2H3. The Labute approximate surface area is 78.9 Å². The van der Waals surface area contributed by atoms with E-state index in [4.69, 9.17) is 0 Å². The second kappa shape index (κ2) is 4.36. The van der Waals surface area contributed by atoms with E-state index in [0.717, 1.165) is 13.1 Å². The quantitative estimate of drug-likeness (QED) is 0.720. The summed E-state index contributed by atoms with van der Waals surface area (Å²) in [6.45, 7) is 5.93. The van der Waals surface area contributed by atoms with Gasteiger partial charge in [0.15, 0.2) is 0 Å². The molecule has 1 saturated carbocycles. The van der Waals surface area contributed by atoms with Crippen molar-refractivity contribution in [1.82, 2.24) is 5.32 Å². The van der Waals surface area contributed by atoms with Crippen molar-refractivity contribution >= 4 is 0 Å². The Balaban J connectivity index is 2.11. The van der Waals surface area contributed by atoms with Crippen molar-refractivity contribution in [2.75, 3.05) is 13.1 Å². The Morgan fingerprint density at radius 3 is 2.62 bits per heavy atom. The average molecular weight is 191 g/mol. The van der Waals surface area contributed by atoms with Gasteiger partial charge in [-0.25, -0.2) is 8.78 Å². The number of halogens is 2. The lowest BCUT2D eigenvalue weighted by Crippen LogP contribution is -2.26. The second-order valence-corrected chi connectivity index (χ2v) is 4.52. The molecule has 1 fully saturated rings. The van der Waals surface area contributed by atoms with Crippen molar-refractivity contribution in [3.63, 3.8) is 0 Å². The summed E-state index contributed by atoms with van der Waals surface area (Å²) in [4.78, 5) is 0. The van der Waals surface area contributed by atoms with Crippen molar-refractivity contribution in [2.24, 2.45) is 11.8 Å². The molecule has 0 saturated heterocycles. The maximum atomic E-state index is 12.8. The molecule has 13 heavy (non-hydrogen) atoms. The van der Waals surface area contributed by atoms with E-state index >= 15 is 0 Å². The zero-order chi connectivity index (χ0) is 9.90. The fourth-order valence-corrected chi connectivity index (χ4v) is 1.79. The van der Waals surface area contributed by atoms with Gasteiger partial charge in [0.05, 0.1) is 0 Å². The summed E-state index contributed by atoms with van der Waals surface area (Å²) >= 11 is 0. The van der Waals surface area contributed by atoms with Crippen LogP contribution in [0.4, 0.5) is 8.78 Å². The summed E-state index contributed by atoms with van der Waals surface area (Å²) < 4.78 is 25.5. The van der Waals surface area contributed by atoms with E-state index in [0.29, 0.717) is 12.3 Å². The maximum Gasteiger partial charge on any atom is 0.248 e. The summed E-state index contributed by atoms with van der Waals surface area (Å²) in [5.74, 6) is -1.60. The van der Waals surface area contributed by atoms with E-state index in [9.17, 15) is 8.78 Å². The van der Waals surface area contributed by atoms with Gasteiger partial charge in [-0.05, 0) is 31.3 Å². The molecule has 0 bridgehead atoms. The van der Waals surface area contributed by atoms with Gasteiger partial charge in [0.1, 0.15) is 0 Å². The summed E-state index contributed by atoms with van der Waals surface area (Å²) in [5, 5.41) is 3.23. The molecule has 1 N–H and O–H groups in total. The highest BCUT2D eigenvalue weighted by Gasteiger charge is 2.38. The molecular weight excluding hydrogens is 172 g/mol. The predicted molar refractivity (Wildman–Crippen MR) is 50.0 cm³/mol. The first-order valence-corrected chi connectivity index (χ1v) is 5.08. The molecule has 0 amide bonds. The first kappa shape index (κ1) is 10.9. The predicted octanol–water partition coefficient (Wildman–Crippen LogP) is 2.67. The molecule has 1 unspecified atom stereocenters. The zero-order valence-corrected chi connectivity index (χ0v) is 8.45. The Morgan fingerprint density at radius 2 is 2.15 bits per heavy atom. The minimum absolute atomic E-state index is 0.0814. The largest absolute Gasteiger partial charge is 0.316 e. The molecule has 0 aromatic heterocycles. The van der Waals surface area contributed by atoms with Crippen molar-refractivity contribution in [1.29, 1.82) is 0 Å². The Kier molecular flexibility index (Phi) is 3.65. The molecule has 1 aliphatic carbocycles. The summed E-state index contributed by atoms with van der Waals surface area (Å²) in [7, 11) is 0. The first-order chi connectivity index (χ1) is 5.99. The lowest BCUT2D eigenvalue weighted by molar-refractivity contribution is 0.00508. The first-order valence-electron chi connectivity index (χ1n) is 5.08. The van der Waals surface area contributed by atoms with Crippen molar-refractivity contribution < 1.29 is 8.78 Å². The topological polar surface area (TPSA) is 12.0 Å². The van der Waals surface area contributed by atoms with E-state index < -0.39 is 5.92 Å². The maximum absolute atomic E-state index is 12.8. The van der Waals surface area contributed by atoms with Gasteiger partial charge in [-0.15, -0.1) is 0 Å². The molecule has 1 nitrogen and oxygen atoms in total. The highest BCUT2D eigenvalue weighted by molar-refractivity contribution is 4.82. The molecule has 0 aromatic rings. The number of rotatable bonds is 4. The number of hydrogen-bond acceptors (Lipinski definition) is 1. The van der Waals surface area contributed by atoms with Crippen LogP contribution in [0.2, 0.25) is 0 Å². The average Bonchev–Trinajstić information content (AvgIpc) is 2.29. The lowest BCUT2D eigenvalue weighted by atomic mass is 10.1. The summed E-state index contributed by atoms with van der Waals surface area (Å²) in [6.07, 6.45) is 0.844. The highest BCUT2D eigenvalue weighted by atomic mass is 19.3. The Bertz CT molecular complexity index is 157. The minimum Gasteiger partial charge on any atom is -0.316 e. The lowest BCUT2D eigenvalue weighted by Gasteiger charge is -2.12. The molecule has 3 heteroatoms. The van der Waals surface area contributed by atoms with Gasteiger partial charge in [-0.2, -0.15) is 0 Å². The van der Waals surface area contributed by atoms with Crippen LogP contribution in [0.15, 0.2) is 0 Å². The second-order valence-electron chi connectivity index (χ2n) is 4.52. The van der Waals surface area contributed by atoms with E-state index in [1.807, 2.05) is 0 Å². The van der Waals surface area contributed by atoms with Crippen molar-refractivity contribution in [3.8, 4) is 0 Å². The summed E-state index contributed by atoms with van der Waals surface area (Å²) in [6, 6.07) is 0. The van der Waals surface area contributed by atoms with E-state index in [1.54, 1.807) is 0 Å². The number of hydrogen-bond donors (Lipinski definition) is 1. The van der Waals surface area contributed by atoms with Gasteiger partial charge in [-0.1, -0.05) is 13.8 Å². The Morgan fingerprint density at radius 1 is 1.46 bits per heavy atom. The smallest absolute Gasteiger partial charge is 0.248 e. The molecule has 1 aliphatic rings. The normalized spacial score (nSPS) is 27.0. The highest BCUT2D eigenvalue weighted by Crippen LogP contribution is 2.38. The Hall–Kier alpha value is -0.180. The summed E-state index contributed by atoms with van der Waals surface area (Å²) in [5.41, 5.74) is 0. The third-order valence-corrected chi connectivity index (χ3v) is 2.49. The van der Waals surface area contributed by atoms with Gasteiger partial charge in [-0.3, -0.25) is 0 Å². The molecule has 1 atom stereocenters. The molecule has 0 spiro atoms. The monoisotopic (exact) mass is 191 g/mol. The van der Waals surface area contributed by atoms with Gasteiger partial charge in [0, 0.05) is 12.8 Å². The molecule has 1 rings (SSSR count). The molecule has 0 aliphatic heterocycles. The van der Waals surface area contributed by atoms with Crippen LogP contribution in [-0.4, -0.2) is 19.0 Å². The van der Waals surface area contributed by atoms with Gasteiger partial charge in [0.2, 0.25) is 5.92 Å². The number of alkyl halides is 2. The van der Waals surface area contributed by atoms with Crippen LogP contribution in [-0.2, 0) is 0 Å². The molecule has 0 heterocycles. The van der Waals surface area contributed by atoms with Crippen molar-refractivity contribution in [2.45, 2.75) is 39.0 Å². The minimum atomic E-state index is -2.38. The van der Waals surface area contributed by atoms with E-state index in [1.165, 1.54) is 0 Å². The molecule has 0 aromatic carbocycles. The van der Waals surface area contributed by atoms with E-state index in [-0.39, 0.29) is 18.8 Å². The fourth-order valence-electron chi connectivity index (χ4n) is 1.79. The van der Waals surface area contributed by atoms with Crippen LogP contribution in [0.3, 0.4) is 0 Å². The molecular formula is C10H19F2N. The van der Waals surface area contributed by atoms with Crippen LogP contribution >= 0.6 is 0 Å². The van der Waals surface area contributed by atoms with E-state index in [2.05, 4.69) is 19.2 Å². The van der Waals surface area contributed by atoms with Gasteiger partial charge in [0.25, 0.3) is 0 Å². The molecule has 0 radical (unpaired) electrons. The van der Waals surface area contributed by atoms with Gasteiger partial charge >= 0.3 is 0 Å². The molecule has 78 valence electrons.